The number of hydrogen-bond donors (Lipinski definition) is 2. The van der Waals surface area contributed by atoms with Crippen molar-refractivity contribution in [3.63, 3.8) is 0 Å². The van der Waals surface area contributed by atoms with Gasteiger partial charge in [0, 0.05) is 30.1 Å². The molecule has 0 saturated carbocycles. The Morgan fingerprint density at radius 2 is 2.33 bits per heavy atom. The summed E-state index contributed by atoms with van der Waals surface area (Å²) in [6.07, 6.45) is 2.49. The molecule has 2 rings (SSSR count). The Hall–Kier alpha value is -0.770. The van der Waals surface area contributed by atoms with Gasteiger partial charge in [-0.15, -0.1) is 0 Å². The second-order valence-electron chi connectivity index (χ2n) is 4.73. The van der Waals surface area contributed by atoms with Gasteiger partial charge in [-0.3, -0.25) is 0 Å². The second kappa shape index (κ2) is 6.41. The van der Waals surface area contributed by atoms with Gasteiger partial charge >= 0.3 is 0 Å². The molecular formula is C14H20ClNO2. The van der Waals surface area contributed by atoms with Crippen LogP contribution in [0.15, 0.2) is 12.1 Å². The maximum absolute atomic E-state index is 9.66. The monoisotopic (exact) mass is 269 g/mol. The lowest BCUT2D eigenvalue weighted by molar-refractivity contribution is 0.160. The molecule has 0 radical (unpaired) electrons. The third-order valence-corrected chi connectivity index (χ3v) is 3.36. The Bertz CT molecular complexity index is 409. The summed E-state index contributed by atoms with van der Waals surface area (Å²) in [6.45, 7) is 4.10. The third kappa shape index (κ3) is 3.37. The molecule has 3 nitrogen and oxygen atoms in total. The molecule has 0 saturated heterocycles. The first-order valence-electron chi connectivity index (χ1n) is 6.53. The first-order chi connectivity index (χ1) is 8.70. The second-order valence-corrected chi connectivity index (χ2v) is 5.16. The van der Waals surface area contributed by atoms with Crippen LogP contribution < -0.4 is 10.1 Å². The SMILES string of the molecule is CCCC(O)CNCc1cc(Cl)cc2c1OCC2. The van der Waals surface area contributed by atoms with Crippen LogP contribution in [0.4, 0.5) is 0 Å². The van der Waals surface area contributed by atoms with E-state index in [2.05, 4.69) is 12.2 Å². The summed E-state index contributed by atoms with van der Waals surface area (Å²) in [5, 5.41) is 13.7. The minimum Gasteiger partial charge on any atom is -0.493 e. The smallest absolute Gasteiger partial charge is 0.127 e. The maximum Gasteiger partial charge on any atom is 0.127 e. The standard InChI is InChI=1S/C14H20ClNO2/c1-2-3-13(17)9-16-8-11-7-12(15)6-10-4-5-18-14(10)11/h6-7,13,16-17H,2-5,8-9H2,1H3. The van der Waals surface area contributed by atoms with Crippen LogP contribution >= 0.6 is 11.6 Å². The number of rotatable bonds is 6. The van der Waals surface area contributed by atoms with E-state index in [0.717, 1.165) is 42.2 Å². The first-order valence-corrected chi connectivity index (χ1v) is 6.91. The van der Waals surface area contributed by atoms with E-state index in [1.165, 1.54) is 5.56 Å². The highest BCUT2D eigenvalue weighted by molar-refractivity contribution is 6.30. The summed E-state index contributed by atoms with van der Waals surface area (Å²) in [4.78, 5) is 0. The zero-order valence-electron chi connectivity index (χ0n) is 10.7. The molecule has 0 fully saturated rings. The number of hydrogen-bond acceptors (Lipinski definition) is 3. The molecule has 1 aliphatic heterocycles. The zero-order chi connectivity index (χ0) is 13.0. The largest absolute Gasteiger partial charge is 0.493 e. The topological polar surface area (TPSA) is 41.5 Å². The lowest BCUT2D eigenvalue weighted by Crippen LogP contribution is -2.26. The van der Waals surface area contributed by atoms with Crippen molar-refractivity contribution in [2.75, 3.05) is 13.2 Å². The van der Waals surface area contributed by atoms with Gasteiger partial charge in [-0.2, -0.15) is 0 Å². The number of nitrogens with one attached hydrogen (secondary N) is 1. The Morgan fingerprint density at radius 1 is 1.50 bits per heavy atom. The Kier molecular flexibility index (Phi) is 4.87. The van der Waals surface area contributed by atoms with Crippen molar-refractivity contribution in [2.24, 2.45) is 0 Å². The molecule has 0 bridgehead atoms. The van der Waals surface area contributed by atoms with Crippen LogP contribution in [0.2, 0.25) is 5.02 Å². The number of fused-ring (bicyclic) bond motifs is 1. The van der Waals surface area contributed by atoms with E-state index in [-0.39, 0.29) is 6.10 Å². The molecule has 1 heterocycles. The summed E-state index contributed by atoms with van der Waals surface area (Å²) in [5.74, 6) is 0.969. The molecular weight excluding hydrogens is 250 g/mol. The van der Waals surface area contributed by atoms with Gasteiger partial charge in [-0.1, -0.05) is 24.9 Å². The summed E-state index contributed by atoms with van der Waals surface area (Å²) in [7, 11) is 0. The van der Waals surface area contributed by atoms with E-state index in [1.807, 2.05) is 12.1 Å². The van der Waals surface area contributed by atoms with E-state index in [9.17, 15) is 5.11 Å². The highest BCUT2D eigenvalue weighted by Crippen LogP contribution is 2.32. The van der Waals surface area contributed by atoms with Crippen LogP contribution in [0, 0.1) is 0 Å². The summed E-state index contributed by atoms with van der Waals surface area (Å²) >= 11 is 6.09. The van der Waals surface area contributed by atoms with Gasteiger partial charge in [0.05, 0.1) is 12.7 Å². The van der Waals surface area contributed by atoms with Crippen molar-refractivity contribution in [1.29, 1.82) is 0 Å². The van der Waals surface area contributed by atoms with Crippen LogP contribution in [-0.4, -0.2) is 24.4 Å². The van der Waals surface area contributed by atoms with Crippen molar-refractivity contribution in [2.45, 2.75) is 38.8 Å². The van der Waals surface area contributed by atoms with Crippen LogP contribution in [0.25, 0.3) is 0 Å². The summed E-state index contributed by atoms with van der Waals surface area (Å²) < 4.78 is 5.63. The Balaban J connectivity index is 1.93. The fourth-order valence-corrected chi connectivity index (χ4v) is 2.55. The molecule has 1 aromatic rings. The first kappa shape index (κ1) is 13.7. The van der Waals surface area contributed by atoms with Crippen LogP contribution in [0.5, 0.6) is 5.75 Å². The van der Waals surface area contributed by atoms with E-state index >= 15 is 0 Å². The minimum absolute atomic E-state index is 0.275. The van der Waals surface area contributed by atoms with Crippen molar-refractivity contribution in [3.8, 4) is 5.75 Å². The van der Waals surface area contributed by atoms with E-state index < -0.39 is 0 Å². The highest BCUT2D eigenvalue weighted by Gasteiger charge is 2.17. The van der Waals surface area contributed by atoms with Gasteiger partial charge < -0.3 is 15.2 Å². The normalized spacial score (nSPS) is 15.3. The number of ether oxygens (including phenoxy) is 1. The molecule has 0 aromatic heterocycles. The summed E-state index contributed by atoms with van der Waals surface area (Å²) in [5.41, 5.74) is 2.27. The van der Waals surface area contributed by atoms with Gasteiger partial charge in [-0.25, -0.2) is 0 Å². The quantitative estimate of drug-likeness (QED) is 0.834. The van der Waals surface area contributed by atoms with Crippen molar-refractivity contribution < 1.29 is 9.84 Å². The van der Waals surface area contributed by atoms with Crippen LogP contribution in [-0.2, 0) is 13.0 Å². The molecule has 0 amide bonds. The molecule has 1 atom stereocenters. The average molecular weight is 270 g/mol. The van der Waals surface area contributed by atoms with Gasteiger partial charge in [0.1, 0.15) is 5.75 Å². The van der Waals surface area contributed by atoms with Crippen LogP contribution in [0.3, 0.4) is 0 Å². The van der Waals surface area contributed by atoms with Crippen molar-refractivity contribution in [3.05, 3.63) is 28.3 Å². The average Bonchev–Trinajstić information content (AvgIpc) is 2.77. The molecule has 1 aromatic carbocycles. The number of aliphatic hydroxyl groups excluding tert-OH is 1. The van der Waals surface area contributed by atoms with Gasteiger partial charge in [0.15, 0.2) is 0 Å². The van der Waals surface area contributed by atoms with Gasteiger partial charge in [0.25, 0.3) is 0 Å². The van der Waals surface area contributed by atoms with Crippen LogP contribution in [0.1, 0.15) is 30.9 Å². The predicted octanol–water partition coefficient (Wildman–Crippen LogP) is 2.53. The Morgan fingerprint density at radius 3 is 3.11 bits per heavy atom. The lowest BCUT2D eigenvalue weighted by Gasteiger charge is -2.13. The fraction of sp³-hybridized carbons (Fsp3) is 0.571. The lowest BCUT2D eigenvalue weighted by atomic mass is 10.1. The van der Waals surface area contributed by atoms with Gasteiger partial charge in [0.2, 0.25) is 0 Å². The van der Waals surface area contributed by atoms with Crippen molar-refractivity contribution in [1.82, 2.24) is 5.32 Å². The van der Waals surface area contributed by atoms with Gasteiger partial charge in [-0.05, 0) is 24.1 Å². The highest BCUT2D eigenvalue weighted by atomic mass is 35.5. The van der Waals surface area contributed by atoms with E-state index in [1.54, 1.807) is 0 Å². The number of aliphatic hydroxyl groups is 1. The fourth-order valence-electron chi connectivity index (χ4n) is 2.29. The molecule has 4 heteroatoms. The molecule has 100 valence electrons. The number of halogens is 1. The third-order valence-electron chi connectivity index (χ3n) is 3.14. The molecule has 2 N–H and O–H groups in total. The predicted molar refractivity (Wildman–Crippen MR) is 73.3 cm³/mol. The maximum atomic E-state index is 9.66. The summed E-state index contributed by atoms with van der Waals surface area (Å²) in [6, 6.07) is 3.91. The molecule has 0 spiro atoms. The molecule has 0 aliphatic carbocycles. The molecule has 1 unspecified atom stereocenters. The number of benzene rings is 1. The van der Waals surface area contributed by atoms with E-state index in [0.29, 0.717) is 13.1 Å². The zero-order valence-corrected chi connectivity index (χ0v) is 11.5. The molecule has 1 aliphatic rings. The van der Waals surface area contributed by atoms with Crippen molar-refractivity contribution >= 4 is 11.6 Å². The molecule has 18 heavy (non-hydrogen) atoms. The minimum atomic E-state index is -0.275. The van der Waals surface area contributed by atoms with E-state index in [4.69, 9.17) is 16.3 Å². The Labute approximate surface area is 113 Å².